The molecule has 1 aliphatic heterocycles. The number of ether oxygens (including phenoxy) is 2. The Labute approximate surface area is 85.3 Å². The molecular weight excluding hydrogens is 182 g/mol. The first-order valence-electron chi connectivity index (χ1n) is 4.89. The van der Waals surface area contributed by atoms with Gasteiger partial charge in [-0.25, -0.2) is 4.79 Å². The monoisotopic (exact) mass is 201 g/mol. The Balaban J connectivity index is 0.000000249. The predicted molar refractivity (Wildman–Crippen MR) is 55.1 cm³/mol. The van der Waals surface area contributed by atoms with Crippen LogP contribution in [0.5, 0.6) is 0 Å². The first-order valence-corrected chi connectivity index (χ1v) is 4.89. The first kappa shape index (κ1) is 13.1. The quantitative estimate of drug-likeness (QED) is 0.540. The fourth-order valence-corrected chi connectivity index (χ4v) is 0.777. The van der Waals surface area contributed by atoms with Gasteiger partial charge in [0.25, 0.3) is 0 Å². The number of morpholine rings is 1. The molecule has 0 bridgehead atoms. The Hall–Kier alpha value is -0.870. The lowest BCUT2D eigenvalue weighted by Gasteiger charge is -2.10. The number of carbonyl (C=O) groups is 1. The third kappa shape index (κ3) is 9.22. The lowest BCUT2D eigenvalue weighted by atomic mass is 10.5. The Morgan fingerprint density at radius 2 is 2.21 bits per heavy atom. The molecule has 0 atom stereocenters. The SMILES string of the molecule is C1COCCN1.C=CC(=O)OCCC. The molecule has 4 heteroatoms. The third-order valence-corrected chi connectivity index (χ3v) is 1.46. The fraction of sp³-hybridized carbons (Fsp3) is 0.700. The van der Waals surface area contributed by atoms with Gasteiger partial charge in [0, 0.05) is 19.2 Å². The molecule has 1 aliphatic rings. The molecule has 1 rings (SSSR count). The Bertz CT molecular complexity index is 144. The van der Waals surface area contributed by atoms with Crippen LogP contribution < -0.4 is 5.32 Å². The first-order chi connectivity index (χ1) is 6.81. The van der Waals surface area contributed by atoms with Crippen LogP contribution in [0.25, 0.3) is 0 Å². The van der Waals surface area contributed by atoms with Crippen LogP contribution in [-0.2, 0) is 14.3 Å². The zero-order valence-electron chi connectivity index (χ0n) is 8.75. The van der Waals surface area contributed by atoms with Crippen LogP contribution in [0.3, 0.4) is 0 Å². The average Bonchev–Trinajstić information content (AvgIpc) is 2.29. The number of nitrogens with one attached hydrogen (secondary N) is 1. The van der Waals surface area contributed by atoms with E-state index in [4.69, 9.17) is 4.74 Å². The van der Waals surface area contributed by atoms with Crippen LogP contribution in [0, 0.1) is 0 Å². The van der Waals surface area contributed by atoms with E-state index in [9.17, 15) is 4.79 Å². The van der Waals surface area contributed by atoms with E-state index in [0.717, 1.165) is 38.8 Å². The number of hydrogen-bond donors (Lipinski definition) is 1. The fourth-order valence-electron chi connectivity index (χ4n) is 0.777. The topological polar surface area (TPSA) is 47.6 Å². The summed E-state index contributed by atoms with van der Waals surface area (Å²) in [6, 6.07) is 0. The minimum Gasteiger partial charge on any atom is -0.463 e. The molecule has 82 valence electrons. The molecule has 14 heavy (non-hydrogen) atoms. The molecule has 1 heterocycles. The highest BCUT2D eigenvalue weighted by molar-refractivity contribution is 5.81. The summed E-state index contributed by atoms with van der Waals surface area (Å²) in [7, 11) is 0. The number of hydrogen-bond acceptors (Lipinski definition) is 4. The van der Waals surface area contributed by atoms with Crippen molar-refractivity contribution in [1.29, 1.82) is 0 Å². The maximum atomic E-state index is 10.2. The van der Waals surface area contributed by atoms with Crippen molar-refractivity contribution in [3.63, 3.8) is 0 Å². The molecule has 0 saturated carbocycles. The van der Waals surface area contributed by atoms with Crippen LogP contribution in [0.1, 0.15) is 13.3 Å². The highest BCUT2D eigenvalue weighted by Crippen LogP contribution is 1.81. The van der Waals surface area contributed by atoms with Crippen molar-refractivity contribution < 1.29 is 14.3 Å². The second-order valence-electron chi connectivity index (χ2n) is 2.73. The van der Waals surface area contributed by atoms with Crippen molar-refractivity contribution in [2.75, 3.05) is 32.9 Å². The summed E-state index contributed by atoms with van der Waals surface area (Å²) in [4.78, 5) is 10.2. The molecule has 0 amide bonds. The molecule has 0 aliphatic carbocycles. The van der Waals surface area contributed by atoms with Crippen molar-refractivity contribution >= 4 is 5.97 Å². The molecule has 0 spiro atoms. The van der Waals surface area contributed by atoms with Crippen molar-refractivity contribution in [2.45, 2.75) is 13.3 Å². The van der Waals surface area contributed by atoms with E-state index in [2.05, 4.69) is 16.6 Å². The van der Waals surface area contributed by atoms with Crippen LogP contribution in [-0.4, -0.2) is 38.9 Å². The second-order valence-corrected chi connectivity index (χ2v) is 2.73. The summed E-state index contributed by atoms with van der Waals surface area (Å²) in [5.74, 6) is -0.341. The number of esters is 1. The van der Waals surface area contributed by atoms with Gasteiger partial charge in [0.15, 0.2) is 0 Å². The summed E-state index contributed by atoms with van der Waals surface area (Å²) in [6.45, 7) is 9.50. The van der Waals surface area contributed by atoms with Gasteiger partial charge >= 0.3 is 5.97 Å². The van der Waals surface area contributed by atoms with Gasteiger partial charge in [-0.1, -0.05) is 13.5 Å². The van der Waals surface area contributed by atoms with Gasteiger partial charge in [-0.2, -0.15) is 0 Å². The van der Waals surface area contributed by atoms with E-state index in [-0.39, 0.29) is 5.97 Å². The van der Waals surface area contributed by atoms with Gasteiger partial charge in [0.05, 0.1) is 19.8 Å². The average molecular weight is 201 g/mol. The largest absolute Gasteiger partial charge is 0.463 e. The maximum absolute atomic E-state index is 10.2. The normalized spacial score (nSPS) is 14.9. The minimum atomic E-state index is -0.341. The third-order valence-electron chi connectivity index (χ3n) is 1.46. The van der Waals surface area contributed by atoms with E-state index in [0.29, 0.717) is 6.61 Å². The van der Waals surface area contributed by atoms with Crippen molar-refractivity contribution in [2.24, 2.45) is 0 Å². The van der Waals surface area contributed by atoms with Crippen LogP contribution in [0.4, 0.5) is 0 Å². The zero-order valence-corrected chi connectivity index (χ0v) is 8.75. The zero-order chi connectivity index (χ0) is 10.6. The van der Waals surface area contributed by atoms with E-state index < -0.39 is 0 Å². The molecule has 0 aromatic heterocycles. The molecule has 1 N–H and O–H groups in total. The van der Waals surface area contributed by atoms with Gasteiger partial charge < -0.3 is 14.8 Å². The molecule has 0 radical (unpaired) electrons. The summed E-state index contributed by atoms with van der Waals surface area (Å²) in [6.07, 6.45) is 2.02. The summed E-state index contributed by atoms with van der Waals surface area (Å²) < 4.78 is 9.59. The van der Waals surface area contributed by atoms with Gasteiger partial charge in [-0.3, -0.25) is 0 Å². The molecule has 1 fully saturated rings. The summed E-state index contributed by atoms with van der Waals surface area (Å²) >= 11 is 0. The molecule has 0 unspecified atom stereocenters. The standard InChI is InChI=1S/C6H10O2.C4H9NO/c1-3-5-8-6(7)4-2;1-3-6-4-2-5-1/h4H,2-3,5H2,1H3;5H,1-4H2. The molecular formula is C10H19NO3. The number of rotatable bonds is 3. The van der Waals surface area contributed by atoms with E-state index in [1.54, 1.807) is 0 Å². The van der Waals surface area contributed by atoms with Crippen molar-refractivity contribution in [1.82, 2.24) is 5.32 Å². The number of carbonyl (C=O) groups excluding carboxylic acids is 1. The highest BCUT2D eigenvalue weighted by atomic mass is 16.5. The molecule has 0 aromatic carbocycles. The molecule has 4 nitrogen and oxygen atoms in total. The second kappa shape index (κ2) is 10.2. The minimum absolute atomic E-state index is 0.341. The van der Waals surface area contributed by atoms with Crippen molar-refractivity contribution in [3.8, 4) is 0 Å². The van der Waals surface area contributed by atoms with Crippen LogP contribution in [0.2, 0.25) is 0 Å². The van der Waals surface area contributed by atoms with Crippen LogP contribution in [0.15, 0.2) is 12.7 Å². The van der Waals surface area contributed by atoms with Crippen molar-refractivity contribution in [3.05, 3.63) is 12.7 Å². The van der Waals surface area contributed by atoms with Crippen LogP contribution >= 0.6 is 0 Å². The van der Waals surface area contributed by atoms with Gasteiger partial charge in [-0.05, 0) is 6.42 Å². The van der Waals surface area contributed by atoms with E-state index in [1.165, 1.54) is 0 Å². The Morgan fingerprint density at radius 1 is 1.57 bits per heavy atom. The Morgan fingerprint density at radius 3 is 2.50 bits per heavy atom. The summed E-state index contributed by atoms with van der Waals surface area (Å²) in [5.41, 5.74) is 0. The van der Waals surface area contributed by atoms with Gasteiger partial charge in [-0.15, -0.1) is 0 Å². The molecule has 0 aromatic rings. The maximum Gasteiger partial charge on any atom is 0.330 e. The highest BCUT2D eigenvalue weighted by Gasteiger charge is 1.93. The Kier molecular flexibility index (Phi) is 9.58. The lowest BCUT2D eigenvalue weighted by molar-refractivity contribution is -0.137. The summed E-state index contributed by atoms with van der Waals surface area (Å²) in [5, 5.41) is 3.16. The van der Waals surface area contributed by atoms with Gasteiger partial charge in [0.1, 0.15) is 0 Å². The predicted octanol–water partition coefficient (Wildman–Crippen LogP) is 0.732. The molecule has 1 saturated heterocycles. The smallest absolute Gasteiger partial charge is 0.330 e. The van der Waals surface area contributed by atoms with E-state index in [1.807, 2.05) is 6.92 Å². The lowest BCUT2D eigenvalue weighted by Crippen LogP contribution is -2.30. The van der Waals surface area contributed by atoms with Gasteiger partial charge in [0.2, 0.25) is 0 Å². The van der Waals surface area contributed by atoms with E-state index >= 15 is 0 Å².